The van der Waals surface area contributed by atoms with Crippen molar-refractivity contribution in [2.24, 2.45) is 0 Å². The maximum absolute atomic E-state index is 12.5. The van der Waals surface area contributed by atoms with E-state index in [0.717, 1.165) is 15.6 Å². The molecule has 0 radical (unpaired) electrons. The van der Waals surface area contributed by atoms with Crippen LogP contribution in [0.1, 0.15) is 21.5 Å². The van der Waals surface area contributed by atoms with Gasteiger partial charge in [0.05, 0.1) is 15.6 Å². The van der Waals surface area contributed by atoms with E-state index in [9.17, 15) is 13.2 Å². The summed E-state index contributed by atoms with van der Waals surface area (Å²) in [6.45, 7) is 3.80. The van der Waals surface area contributed by atoms with Crippen molar-refractivity contribution in [3.8, 4) is 0 Å². The van der Waals surface area contributed by atoms with Crippen molar-refractivity contribution < 1.29 is 13.2 Å². The van der Waals surface area contributed by atoms with Crippen LogP contribution in [0.15, 0.2) is 70.0 Å². The number of hydrogen-bond acceptors (Lipinski definition) is 3. The summed E-state index contributed by atoms with van der Waals surface area (Å²) in [5.74, 6) is -0.346. The molecule has 0 aliphatic rings. The van der Waals surface area contributed by atoms with Crippen LogP contribution in [0.2, 0.25) is 5.02 Å². The van der Waals surface area contributed by atoms with E-state index >= 15 is 0 Å². The van der Waals surface area contributed by atoms with Crippen molar-refractivity contribution in [2.75, 3.05) is 10.0 Å². The van der Waals surface area contributed by atoms with Crippen molar-refractivity contribution in [3.63, 3.8) is 0 Å². The van der Waals surface area contributed by atoms with Crippen LogP contribution >= 0.6 is 27.5 Å². The van der Waals surface area contributed by atoms with Crippen LogP contribution in [0.25, 0.3) is 0 Å². The summed E-state index contributed by atoms with van der Waals surface area (Å²) in [6.07, 6.45) is 0. The first-order valence-corrected chi connectivity index (χ1v) is 11.3. The molecule has 0 aliphatic heterocycles. The van der Waals surface area contributed by atoms with Crippen molar-refractivity contribution in [1.29, 1.82) is 0 Å². The molecule has 3 aromatic carbocycles. The van der Waals surface area contributed by atoms with Crippen LogP contribution in [0.5, 0.6) is 0 Å². The van der Waals surface area contributed by atoms with Gasteiger partial charge < -0.3 is 5.32 Å². The van der Waals surface area contributed by atoms with Crippen LogP contribution in [-0.2, 0) is 10.0 Å². The summed E-state index contributed by atoms with van der Waals surface area (Å²) < 4.78 is 28.5. The maximum atomic E-state index is 12.5. The molecule has 0 fully saturated rings. The van der Waals surface area contributed by atoms with Gasteiger partial charge in [-0.1, -0.05) is 45.2 Å². The average molecular weight is 494 g/mol. The molecular weight excluding hydrogens is 476 g/mol. The van der Waals surface area contributed by atoms with E-state index in [4.69, 9.17) is 11.6 Å². The molecule has 0 saturated heterocycles. The lowest BCUT2D eigenvalue weighted by Gasteiger charge is -2.12. The third-order valence-electron chi connectivity index (χ3n) is 4.22. The highest BCUT2D eigenvalue weighted by molar-refractivity contribution is 9.10. The van der Waals surface area contributed by atoms with Gasteiger partial charge in [0.15, 0.2) is 0 Å². The molecule has 3 rings (SSSR count). The van der Waals surface area contributed by atoms with E-state index < -0.39 is 10.0 Å². The number of rotatable bonds is 5. The Hall–Kier alpha value is -2.35. The van der Waals surface area contributed by atoms with Crippen LogP contribution in [0, 0.1) is 13.8 Å². The molecule has 2 N–H and O–H groups in total. The van der Waals surface area contributed by atoms with Gasteiger partial charge in [0.2, 0.25) is 0 Å². The predicted octanol–water partition coefficient (Wildman–Crippen LogP) is 5.77. The SMILES string of the molecule is Cc1ccc(S(=O)(=O)Nc2ccc(C(=O)Nc3ccc(Br)c(C)c3)cc2Cl)cc1. The fourth-order valence-corrected chi connectivity index (χ4v) is 4.20. The average Bonchev–Trinajstić information content (AvgIpc) is 2.66. The Labute approximate surface area is 183 Å². The summed E-state index contributed by atoms with van der Waals surface area (Å²) in [4.78, 5) is 12.6. The fraction of sp³-hybridized carbons (Fsp3) is 0.0952. The minimum absolute atomic E-state index is 0.125. The second-order valence-corrected chi connectivity index (χ2v) is 9.48. The monoisotopic (exact) mass is 492 g/mol. The lowest BCUT2D eigenvalue weighted by atomic mass is 10.1. The van der Waals surface area contributed by atoms with Gasteiger partial charge in [-0.25, -0.2) is 8.42 Å². The molecule has 0 atom stereocenters. The fourth-order valence-electron chi connectivity index (χ4n) is 2.59. The van der Waals surface area contributed by atoms with Gasteiger partial charge in [-0.15, -0.1) is 0 Å². The van der Waals surface area contributed by atoms with Crippen molar-refractivity contribution in [2.45, 2.75) is 18.7 Å². The summed E-state index contributed by atoms with van der Waals surface area (Å²) in [7, 11) is -3.78. The lowest BCUT2D eigenvalue weighted by Crippen LogP contribution is -2.15. The lowest BCUT2D eigenvalue weighted by molar-refractivity contribution is 0.102. The molecule has 0 heterocycles. The van der Waals surface area contributed by atoms with E-state index in [2.05, 4.69) is 26.0 Å². The van der Waals surface area contributed by atoms with Gasteiger partial charge >= 0.3 is 0 Å². The molecular formula is C21H18BrClN2O3S. The number of carbonyl (C=O) groups is 1. The molecule has 0 spiro atoms. The van der Waals surface area contributed by atoms with Gasteiger partial charge in [0, 0.05) is 15.7 Å². The van der Waals surface area contributed by atoms with Crippen LogP contribution in [-0.4, -0.2) is 14.3 Å². The van der Waals surface area contributed by atoms with Crippen molar-refractivity contribution >= 4 is 54.8 Å². The smallest absolute Gasteiger partial charge is 0.261 e. The molecule has 5 nitrogen and oxygen atoms in total. The Balaban J connectivity index is 1.78. The molecule has 0 saturated carbocycles. The number of halogens is 2. The Morgan fingerprint density at radius 1 is 0.966 bits per heavy atom. The zero-order valence-corrected chi connectivity index (χ0v) is 18.8. The van der Waals surface area contributed by atoms with E-state index in [1.807, 2.05) is 26.0 Å². The Bertz CT molecular complexity index is 1180. The quantitative estimate of drug-likeness (QED) is 0.473. The first-order chi connectivity index (χ1) is 13.7. The van der Waals surface area contributed by atoms with E-state index in [1.54, 1.807) is 18.2 Å². The molecule has 8 heteroatoms. The van der Waals surface area contributed by atoms with Gasteiger partial charge in [0.1, 0.15) is 0 Å². The second-order valence-electron chi connectivity index (χ2n) is 6.53. The number of carbonyl (C=O) groups excluding carboxylic acids is 1. The second kappa shape index (κ2) is 8.57. The summed E-state index contributed by atoms with van der Waals surface area (Å²) in [6, 6.07) is 16.3. The standard InChI is InChI=1S/C21H18BrClN2O3S/c1-13-3-7-17(8-4-13)29(27,28)25-20-10-5-15(12-19(20)23)21(26)24-16-6-9-18(22)14(2)11-16/h3-12,25H,1-2H3,(H,24,26). The minimum atomic E-state index is -3.78. The maximum Gasteiger partial charge on any atom is 0.261 e. The van der Waals surface area contributed by atoms with Crippen LogP contribution in [0.3, 0.4) is 0 Å². The van der Waals surface area contributed by atoms with Gasteiger partial charge in [0.25, 0.3) is 15.9 Å². The molecule has 0 bridgehead atoms. The highest BCUT2D eigenvalue weighted by Crippen LogP contribution is 2.27. The molecule has 0 unspecified atom stereocenters. The zero-order valence-electron chi connectivity index (χ0n) is 15.7. The number of hydrogen-bond donors (Lipinski definition) is 2. The van der Waals surface area contributed by atoms with E-state index in [0.29, 0.717) is 11.3 Å². The van der Waals surface area contributed by atoms with Crippen LogP contribution < -0.4 is 10.0 Å². The molecule has 3 aromatic rings. The molecule has 29 heavy (non-hydrogen) atoms. The molecule has 0 aromatic heterocycles. The highest BCUT2D eigenvalue weighted by Gasteiger charge is 2.17. The Kier molecular flexibility index (Phi) is 6.31. The Morgan fingerprint density at radius 2 is 1.66 bits per heavy atom. The highest BCUT2D eigenvalue weighted by atomic mass is 79.9. The zero-order chi connectivity index (χ0) is 21.2. The van der Waals surface area contributed by atoms with Crippen molar-refractivity contribution in [1.82, 2.24) is 0 Å². The van der Waals surface area contributed by atoms with Crippen molar-refractivity contribution in [3.05, 3.63) is 86.8 Å². The number of nitrogens with one attached hydrogen (secondary N) is 2. The number of anilines is 2. The minimum Gasteiger partial charge on any atom is -0.322 e. The van der Waals surface area contributed by atoms with Crippen LogP contribution in [0.4, 0.5) is 11.4 Å². The predicted molar refractivity (Wildman–Crippen MR) is 120 cm³/mol. The summed E-state index contributed by atoms with van der Waals surface area (Å²) in [5.41, 5.74) is 3.10. The third-order valence-corrected chi connectivity index (χ3v) is 6.81. The van der Waals surface area contributed by atoms with Gasteiger partial charge in [-0.2, -0.15) is 0 Å². The number of sulfonamides is 1. The Morgan fingerprint density at radius 3 is 2.28 bits per heavy atom. The summed E-state index contributed by atoms with van der Waals surface area (Å²) in [5, 5.41) is 2.92. The molecule has 0 aliphatic carbocycles. The number of benzene rings is 3. The van der Waals surface area contributed by atoms with E-state index in [-0.39, 0.29) is 21.5 Å². The number of amides is 1. The number of aryl methyl sites for hydroxylation is 2. The third kappa shape index (κ3) is 5.18. The summed E-state index contributed by atoms with van der Waals surface area (Å²) >= 11 is 9.64. The largest absolute Gasteiger partial charge is 0.322 e. The topological polar surface area (TPSA) is 75.3 Å². The normalized spacial score (nSPS) is 11.2. The molecule has 150 valence electrons. The van der Waals surface area contributed by atoms with E-state index in [1.165, 1.54) is 30.3 Å². The van der Waals surface area contributed by atoms with Gasteiger partial charge in [-0.3, -0.25) is 9.52 Å². The molecule has 1 amide bonds. The van der Waals surface area contributed by atoms with Gasteiger partial charge in [-0.05, 0) is 67.9 Å². The first kappa shape index (κ1) is 21.4. The first-order valence-electron chi connectivity index (χ1n) is 8.62.